The third-order valence-electron chi connectivity index (χ3n) is 2.28. The van der Waals surface area contributed by atoms with Crippen molar-refractivity contribution in [2.75, 3.05) is 13.2 Å². The Bertz CT molecular complexity index is 183. The van der Waals surface area contributed by atoms with Crippen molar-refractivity contribution < 1.29 is 14.6 Å². The molecule has 4 nitrogen and oxygen atoms in total. The molecule has 0 rings (SSSR count). The molecule has 1 unspecified atom stereocenters. The smallest absolute Gasteiger partial charge is 0.407 e. The summed E-state index contributed by atoms with van der Waals surface area (Å²) in [6.45, 7) is 6.63. The number of carbonyl (C=O) groups excluding carboxylic acids is 1. The number of rotatable bonds is 8. The van der Waals surface area contributed by atoms with Crippen LogP contribution in [0.1, 0.15) is 46.5 Å². The molecule has 0 radical (unpaired) electrons. The largest absolute Gasteiger partial charge is 0.450 e. The highest BCUT2D eigenvalue weighted by molar-refractivity contribution is 5.67. The fourth-order valence-corrected chi connectivity index (χ4v) is 1.47. The third-order valence-corrected chi connectivity index (χ3v) is 2.28. The lowest BCUT2D eigenvalue weighted by atomic mass is 10.0. The van der Waals surface area contributed by atoms with Crippen molar-refractivity contribution in [3.63, 3.8) is 0 Å². The molecule has 1 amide bonds. The van der Waals surface area contributed by atoms with Crippen molar-refractivity contribution in [3.05, 3.63) is 0 Å². The maximum absolute atomic E-state index is 11.3. The van der Waals surface area contributed by atoms with Gasteiger partial charge in [-0.1, -0.05) is 33.6 Å². The van der Waals surface area contributed by atoms with Crippen molar-refractivity contribution in [2.24, 2.45) is 5.92 Å². The van der Waals surface area contributed by atoms with Gasteiger partial charge in [-0.05, 0) is 18.8 Å². The van der Waals surface area contributed by atoms with Gasteiger partial charge in [-0.2, -0.15) is 0 Å². The van der Waals surface area contributed by atoms with Gasteiger partial charge >= 0.3 is 6.09 Å². The molecule has 0 spiro atoms. The van der Waals surface area contributed by atoms with Crippen LogP contribution in [-0.2, 0) is 4.74 Å². The summed E-state index contributed by atoms with van der Waals surface area (Å²) in [5.74, 6) is 0.442. The first-order chi connectivity index (χ1) is 7.60. The van der Waals surface area contributed by atoms with Crippen molar-refractivity contribution >= 4 is 6.09 Å². The summed E-state index contributed by atoms with van der Waals surface area (Å²) >= 11 is 0. The van der Waals surface area contributed by atoms with Crippen molar-refractivity contribution in [3.8, 4) is 0 Å². The van der Waals surface area contributed by atoms with Crippen LogP contribution in [0.4, 0.5) is 4.79 Å². The van der Waals surface area contributed by atoms with E-state index in [-0.39, 0.29) is 12.6 Å². The van der Waals surface area contributed by atoms with E-state index in [1.807, 2.05) is 0 Å². The second-order valence-corrected chi connectivity index (χ2v) is 4.50. The van der Waals surface area contributed by atoms with Crippen LogP contribution in [0.25, 0.3) is 0 Å². The Morgan fingerprint density at radius 3 is 2.56 bits per heavy atom. The molecule has 4 heteroatoms. The number of unbranched alkanes of at least 4 members (excludes halogenated alkanes) is 2. The van der Waals surface area contributed by atoms with E-state index < -0.39 is 6.09 Å². The van der Waals surface area contributed by atoms with Crippen LogP contribution in [0.3, 0.4) is 0 Å². The first-order valence-electron chi connectivity index (χ1n) is 6.14. The summed E-state index contributed by atoms with van der Waals surface area (Å²) in [6, 6.07) is -0.196. The lowest BCUT2D eigenvalue weighted by Gasteiger charge is -2.17. The number of hydrogen-bond acceptors (Lipinski definition) is 3. The van der Waals surface area contributed by atoms with Gasteiger partial charge in [0, 0.05) is 0 Å². The lowest BCUT2D eigenvalue weighted by Crippen LogP contribution is -2.38. The van der Waals surface area contributed by atoms with Crippen LogP contribution >= 0.6 is 0 Å². The molecule has 0 saturated heterocycles. The number of alkyl carbamates (subject to hydrolysis) is 1. The molecule has 0 bridgehead atoms. The predicted octanol–water partition coefficient (Wildman–Crippen LogP) is 2.31. The van der Waals surface area contributed by atoms with Gasteiger partial charge in [0.2, 0.25) is 0 Å². The van der Waals surface area contributed by atoms with E-state index in [2.05, 4.69) is 26.1 Å². The molecule has 96 valence electrons. The monoisotopic (exact) mass is 231 g/mol. The van der Waals surface area contributed by atoms with Gasteiger partial charge in [-0.15, -0.1) is 0 Å². The summed E-state index contributed by atoms with van der Waals surface area (Å²) in [5.41, 5.74) is 0. The minimum absolute atomic E-state index is 0.0394. The minimum atomic E-state index is -0.421. The van der Waals surface area contributed by atoms with Gasteiger partial charge in [-0.25, -0.2) is 4.79 Å². The summed E-state index contributed by atoms with van der Waals surface area (Å²) in [5, 5.41) is 11.7. The molecule has 0 saturated carbocycles. The molecule has 0 fully saturated rings. The summed E-state index contributed by atoms with van der Waals surface area (Å²) in [7, 11) is 0. The second kappa shape index (κ2) is 9.46. The van der Waals surface area contributed by atoms with Crippen LogP contribution in [0, 0.1) is 5.92 Å². The van der Waals surface area contributed by atoms with Gasteiger partial charge in [0.05, 0.1) is 19.3 Å². The topological polar surface area (TPSA) is 58.6 Å². The highest BCUT2D eigenvalue weighted by atomic mass is 16.5. The van der Waals surface area contributed by atoms with E-state index in [1.165, 1.54) is 0 Å². The zero-order chi connectivity index (χ0) is 12.4. The number of ether oxygens (including phenoxy) is 1. The lowest BCUT2D eigenvalue weighted by molar-refractivity contribution is 0.130. The van der Waals surface area contributed by atoms with Gasteiger partial charge in [-0.3, -0.25) is 0 Å². The average Bonchev–Trinajstić information content (AvgIpc) is 2.23. The number of hydrogen-bond donors (Lipinski definition) is 2. The van der Waals surface area contributed by atoms with Crippen molar-refractivity contribution in [2.45, 2.75) is 52.5 Å². The summed E-state index contributed by atoms with van der Waals surface area (Å²) < 4.78 is 5.00. The quantitative estimate of drug-likeness (QED) is 0.630. The Labute approximate surface area is 98.4 Å². The molecular formula is C12H25NO3. The highest BCUT2D eigenvalue weighted by Crippen LogP contribution is 2.04. The van der Waals surface area contributed by atoms with Gasteiger partial charge in [0.1, 0.15) is 0 Å². The van der Waals surface area contributed by atoms with Crippen LogP contribution in [-0.4, -0.2) is 30.5 Å². The molecule has 0 heterocycles. The summed E-state index contributed by atoms with van der Waals surface area (Å²) in [6.07, 6.45) is 3.43. The number of nitrogens with one attached hydrogen (secondary N) is 1. The molecule has 16 heavy (non-hydrogen) atoms. The van der Waals surface area contributed by atoms with E-state index in [9.17, 15) is 4.79 Å². The van der Waals surface area contributed by atoms with Crippen LogP contribution < -0.4 is 5.32 Å². The number of aliphatic hydroxyl groups is 1. The van der Waals surface area contributed by atoms with E-state index >= 15 is 0 Å². The molecule has 0 aliphatic rings. The Morgan fingerprint density at radius 2 is 2.06 bits per heavy atom. The van der Waals surface area contributed by atoms with E-state index in [0.29, 0.717) is 12.5 Å². The predicted molar refractivity (Wildman–Crippen MR) is 64.3 cm³/mol. The fraction of sp³-hybridized carbons (Fsp3) is 0.917. The Morgan fingerprint density at radius 1 is 1.38 bits per heavy atom. The normalized spacial score (nSPS) is 12.6. The Kier molecular flexibility index (Phi) is 9.00. The van der Waals surface area contributed by atoms with Crippen LogP contribution in [0.15, 0.2) is 0 Å². The van der Waals surface area contributed by atoms with E-state index in [0.717, 1.165) is 25.7 Å². The third kappa shape index (κ3) is 8.53. The zero-order valence-corrected chi connectivity index (χ0v) is 10.7. The number of aliphatic hydroxyl groups excluding tert-OH is 1. The average molecular weight is 231 g/mol. The van der Waals surface area contributed by atoms with Gasteiger partial charge < -0.3 is 15.2 Å². The van der Waals surface area contributed by atoms with E-state index in [4.69, 9.17) is 9.84 Å². The Balaban J connectivity index is 3.66. The molecule has 0 aromatic heterocycles. The molecule has 1 atom stereocenters. The zero-order valence-electron chi connectivity index (χ0n) is 10.7. The maximum atomic E-state index is 11.3. The fourth-order valence-electron chi connectivity index (χ4n) is 1.47. The van der Waals surface area contributed by atoms with Crippen molar-refractivity contribution in [1.82, 2.24) is 5.32 Å². The first kappa shape index (κ1) is 15.2. The molecule has 2 N–H and O–H groups in total. The molecule has 0 aliphatic carbocycles. The van der Waals surface area contributed by atoms with E-state index in [1.54, 1.807) is 0 Å². The standard InChI is InChI=1S/C12H25NO3/c1-4-5-6-7-16-12(15)13-11(9-14)8-10(2)3/h10-11,14H,4-9H2,1-3H3,(H,13,15). The highest BCUT2D eigenvalue weighted by Gasteiger charge is 2.13. The van der Waals surface area contributed by atoms with Crippen molar-refractivity contribution in [1.29, 1.82) is 0 Å². The molecule has 0 aromatic carbocycles. The molecular weight excluding hydrogens is 206 g/mol. The van der Waals surface area contributed by atoms with Gasteiger partial charge in [0.15, 0.2) is 0 Å². The van der Waals surface area contributed by atoms with Crippen LogP contribution in [0.5, 0.6) is 0 Å². The maximum Gasteiger partial charge on any atom is 0.407 e. The summed E-state index contributed by atoms with van der Waals surface area (Å²) in [4.78, 5) is 11.3. The first-order valence-corrected chi connectivity index (χ1v) is 6.14. The second-order valence-electron chi connectivity index (χ2n) is 4.50. The Hall–Kier alpha value is -0.770. The minimum Gasteiger partial charge on any atom is -0.450 e. The molecule has 0 aliphatic heterocycles. The SMILES string of the molecule is CCCCCOC(=O)NC(CO)CC(C)C. The number of amides is 1. The molecule has 0 aromatic rings. The number of carbonyl (C=O) groups is 1. The van der Waals surface area contributed by atoms with Crippen LogP contribution in [0.2, 0.25) is 0 Å². The van der Waals surface area contributed by atoms with Gasteiger partial charge in [0.25, 0.3) is 0 Å².